The van der Waals surface area contributed by atoms with Gasteiger partial charge in [-0.3, -0.25) is 14.5 Å². The van der Waals surface area contributed by atoms with Gasteiger partial charge < -0.3 is 23.7 Å². The number of ether oxygens (including phenoxy) is 2. The van der Waals surface area contributed by atoms with Crippen LogP contribution in [0.3, 0.4) is 0 Å². The van der Waals surface area contributed by atoms with Crippen molar-refractivity contribution in [3.63, 3.8) is 0 Å². The molecule has 4 rings (SSSR count). The van der Waals surface area contributed by atoms with Gasteiger partial charge in [0.1, 0.15) is 12.3 Å². The molecule has 2 aliphatic heterocycles. The average molecular weight is 548 g/mol. The van der Waals surface area contributed by atoms with Gasteiger partial charge in [0.05, 0.1) is 32.1 Å². The van der Waals surface area contributed by atoms with E-state index in [1.54, 1.807) is 28.2 Å². The van der Waals surface area contributed by atoms with Gasteiger partial charge in [0, 0.05) is 49.4 Å². The molecule has 35 heavy (non-hydrogen) atoms. The van der Waals surface area contributed by atoms with Gasteiger partial charge in [0.15, 0.2) is 0 Å². The second-order valence-corrected chi connectivity index (χ2v) is 9.95. The van der Waals surface area contributed by atoms with Crippen LogP contribution in [-0.2, 0) is 20.8 Å². The van der Waals surface area contributed by atoms with Crippen molar-refractivity contribution < 1.29 is 23.5 Å². The molecule has 2 aromatic rings. The summed E-state index contributed by atoms with van der Waals surface area (Å²) in [5, 5.41) is 0. The van der Waals surface area contributed by atoms with Crippen molar-refractivity contribution in [2.45, 2.75) is 31.9 Å². The molecule has 9 heteroatoms. The number of benzene rings is 1. The molecule has 2 fully saturated rings. The van der Waals surface area contributed by atoms with Crippen molar-refractivity contribution in [2.75, 3.05) is 59.1 Å². The van der Waals surface area contributed by atoms with Crippen LogP contribution in [0.15, 0.2) is 51.6 Å². The van der Waals surface area contributed by atoms with Gasteiger partial charge in [-0.15, -0.1) is 0 Å². The lowest BCUT2D eigenvalue weighted by Gasteiger charge is -2.30. The molecule has 2 aliphatic rings. The standard InChI is InChI=1S/C26H34BrN3O5/c27-22-6-1-5-21(17-22)26(32)29(10-4-9-28-11-15-33-16-12-28)20-25(31)30(18-23-7-2-13-34-23)19-24-8-3-14-35-24/h1-2,5-7,13,17,24H,3-4,8-12,14-16,18-20H2. The first kappa shape index (κ1) is 25.9. The Kier molecular flexibility index (Phi) is 9.76. The fraction of sp³-hybridized carbons (Fsp3) is 0.538. The van der Waals surface area contributed by atoms with E-state index in [4.69, 9.17) is 13.9 Å². The highest BCUT2D eigenvalue weighted by Gasteiger charge is 2.27. The van der Waals surface area contributed by atoms with Crippen LogP contribution in [-0.4, -0.2) is 91.7 Å². The highest BCUT2D eigenvalue weighted by Crippen LogP contribution is 2.18. The van der Waals surface area contributed by atoms with E-state index in [1.165, 1.54) is 0 Å². The van der Waals surface area contributed by atoms with Crippen molar-refractivity contribution in [3.05, 3.63) is 58.5 Å². The summed E-state index contributed by atoms with van der Waals surface area (Å²) in [5.41, 5.74) is 0.565. The lowest BCUT2D eigenvalue weighted by molar-refractivity contribution is -0.134. The van der Waals surface area contributed by atoms with Gasteiger partial charge in [-0.2, -0.15) is 0 Å². The Morgan fingerprint density at radius 2 is 1.94 bits per heavy atom. The maximum Gasteiger partial charge on any atom is 0.254 e. The highest BCUT2D eigenvalue weighted by molar-refractivity contribution is 9.10. The number of hydrogen-bond donors (Lipinski definition) is 0. The monoisotopic (exact) mass is 547 g/mol. The molecule has 1 aromatic carbocycles. The van der Waals surface area contributed by atoms with Crippen LogP contribution in [0.4, 0.5) is 0 Å². The molecule has 2 amide bonds. The van der Waals surface area contributed by atoms with Crippen molar-refractivity contribution >= 4 is 27.7 Å². The second kappa shape index (κ2) is 13.2. The third-order valence-corrected chi connectivity index (χ3v) is 6.91. The van der Waals surface area contributed by atoms with Gasteiger partial charge in [0.2, 0.25) is 5.91 Å². The summed E-state index contributed by atoms with van der Waals surface area (Å²) in [6.07, 6.45) is 4.35. The molecule has 0 bridgehead atoms. The fourth-order valence-corrected chi connectivity index (χ4v) is 4.91. The summed E-state index contributed by atoms with van der Waals surface area (Å²) < 4.78 is 17.6. The van der Waals surface area contributed by atoms with E-state index in [0.717, 1.165) is 63.2 Å². The maximum atomic E-state index is 13.5. The minimum absolute atomic E-state index is 0.0158. The summed E-state index contributed by atoms with van der Waals surface area (Å²) in [7, 11) is 0. The lowest BCUT2D eigenvalue weighted by atomic mass is 10.2. The summed E-state index contributed by atoms with van der Waals surface area (Å²) in [5.74, 6) is 0.469. The first-order valence-electron chi connectivity index (χ1n) is 12.3. The molecule has 0 saturated carbocycles. The quantitative estimate of drug-likeness (QED) is 0.429. The van der Waals surface area contributed by atoms with E-state index < -0.39 is 0 Å². The predicted molar refractivity (Wildman–Crippen MR) is 135 cm³/mol. The number of carbonyl (C=O) groups is 2. The van der Waals surface area contributed by atoms with Gasteiger partial charge in [-0.05, 0) is 49.6 Å². The molecule has 0 N–H and O–H groups in total. The summed E-state index contributed by atoms with van der Waals surface area (Å²) in [6.45, 7) is 6.24. The molecule has 2 saturated heterocycles. The van der Waals surface area contributed by atoms with Crippen LogP contribution in [0.2, 0.25) is 0 Å². The Balaban J connectivity index is 1.44. The number of furan rings is 1. The van der Waals surface area contributed by atoms with Crippen LogP contribution in [0, 0.1) is 0 Å². The number of carbonyl (C=O) groups excluding carboxylic acids is 2. The van der Waals surface area contributed by atoms with Crippen LogP contribution in [0.1, 0.15) is 35.4 Å². The molecule has 1 atom stereocenters. The first-order valence-corrected chi connectivity index (χ1v) is 13.1. The average Bonchev–Trinajstić information content (AvgIpc) is 3.58. The van der Waals surface area contributed by atoms with Crippen molar-refractivity contribution in [2.24, 2.45) is 0 Å². The van der Waals surface area contributed by atoms with Gasteiger partial charge in [-0.1, -0.05) is 22.0 Å². The number of hydrogen-bond acceptors (Lipinski definition) is 6. The van der Waals surface area contributed by atoms with E-state index in [2.05, 4.69) is 20.8 Å². The Bertz CT molecular complexity index is 942. The van der Waals surface area contributed by atoms with Gasteiger partial charge in [-0.25, -0.2) is 0 Å². The van der Waals surface area contributed by atoms with Crippen LogP contribution in [0.25, 0.3) is 0 Å². The first-order chi connectivity index (χ1) is 17.1. The minimum Gasteiger partial charge on any atom is -0.467 e. The number of nitrogens with zero attached hydrogens (tertiary/aromatic N) is 3. The number of amides is 2. The smallest absolute Gasteiger partial charge is 0.254 e. The zero-order valence-electron chi connectivity index (χ0n) is 20.1. The Morgan fingerprint density at radius 3 is 2.66 bits per heavy atom. The summed E-state index contributed by atoms with van der Waals surface area (Å²) in [6, 6.07) is 11.0. The number of morpholine rings is 1. The highest BCUT2D eigenvalue weighted by atomic mass is 79.9. The van der Waals surface area contributed by atoms with Gasteiger partial charge in [0.25, 0.3) is 5.91 Å². The van der Waals surface area contributed by atoms with Crippen molar-refractivity contribution in [1.29, 1.82) is 0 Å². The van der Waals surface area contributed by atoms with Crippen molar-refractivity contribution in [3.8, 4) is 0 Å². The van der Waals surface area contributed by atoms with Gasteiger partial charge >= 0.3 is 0 Å². The Morgan fingerprint density at radius 1 is 1.09 bits per heavy atom. The summed E-state index contributed by atoms with van der Waals surface area (Å²) >= 11 is 3.45. The third kappa shape index (κ3) is 7.90. The summed E-state index contributed by atoms with van der Waals surface area (Å²) in [4.78, 5) is 32.8. The molecule has 1 unspecified atom stereocenters. The van der Waals surface area contributed by atoms with Crippen LogP contribution >= 0.6 is 15.9 Å². The largest absolute Gasteiger partial charge is 0.467 e. The van der Waals surface area contributed by atoms with E-state index in [0.29, 0.717) is 31.0 Å². The fourth-order valence-electron chi connectivity index (χ4n) is 4.51. The molecular weight excluding hydrogens is 514 g/mol. The van der Waals surface area contributed by atoms with Crippen LogP contribution < -0.4 is 0 Å². The SMILES string of the molecule is O=C(CN(CCCN1CCOCC1)C(=O)c1cccc(Br)c1)N(Cc1ccco1)CC1CCCO1. The van der Waals surface area contributed by atoms with Crippen LogP contribution in [0.5, 0.6) is 0 Å². The molecule has 3 heterocycles. The normalized spacial score (nSPS) is 18.5. The maximum absolute atomic E-state index is 13.5. The predicted octanol–water partition coefficient (Wildman–Crippen LogP) is 3.41. The lowest BCUT2D eigenvalue weighted by Crippen LogP contribution is -2.46. The van der Waals surface area contributed by atoms with E-state index >= 15 is 0 Å². The van der Waals surface area contributed by atoms with E-state index in [9.17, 15) is 9.59 Å². The molecule has 8 nitrogen and oxygen atoms in total. The third-order valence-electron chi connectivity index (χ3n) is 6.42. The van der Waals surface area contributed by atoms with Crippen molar-refractivity contribution in [1.82, 2.24) is 14.7 Å². The topological polar surface area (TPSA) is 75.5 Å². The van der Waals surface area contributed by atoms with E-state index in [1.807, 2.05) is 24.3 Å². The molecule has 1 aromatic heterocycles. The Labute approximate surface area is 215 Å². The zero-order valence-corrected chi connectivity index (χ0v) is 21.7. The van der Waals surface area contributed by atoms with E-state index in [-0.39, 0.29) is 24.5 Å². The molecule has 0 aliphatic carbocycles. The number of rotatable bonds is 11. The second-order valence-electron chi connectivity index (χ2n) is 9.03. The number of halogens is 1. The Hall–Kier alpha value is -2.20. The zero-order chi connectivity index (χ0) is 24.5. The molecule has 0 radical (unpaired) electrons. The minimum atomic E-state index is -0.142. The molecule has 190 valence electrons. The molecule has 0 spiro atoms. The molecular formula is C26H34BrN3O5.